The Hall–Kier alpha value is -4.47. The van der Waals surface area contributed by atoms with Crippen molar-refractivity contribution in [2.75, 3.05) is 7.11 Å². The number of benzene rings is 2. The van der Waals surface area contributed by atoms with Crippen LogP contribution < -0.4 is 9.47 Å². The Labute approximate surface area is 169 Å². The zero-order chi connectivity index (χ0) is 21.7. The molecule has 0 amide bonds. The van der Waals surface area contributed by atoms with E-state index in [9.17, 15) is 25.0 Å². The van der Waals surface area contributed by atoms with Gasteiger partial charge in [-0.3, -0.25) is 20.2 Å². The minimum absolute atomic E-state index is 0.0338. The van der Waals surface area contributed by atoms with E-state index in [-0.39, 0.29) is 28.5 Å². The summed E-state index contributed by atoms with van der Waals surface area (Å²) >= 11 is 0. The smallest absolute Gasteiger partial charge is 0.379 e. The Balaban J connectivity index is 1.85. The van der Waals surface area contributed by atoms with Gasteiger partial charge in [0.1, 0.15) is 0 Å². The SMILES string of the molecule is COc1cc(C=Cc2ccc([N+](=O)[O-])cc2[N+](=O)[O-])ccc1OC(=O)c1ccco1. The summed E-state index contributed by atoms with van der Waals surface area (Å²) in [6.07, 6.45) is 4.36. The van der Waals surface area contributed by atoms with Gasteiger partial charge >= 0.3 is 5.97 Å². The molecule has 0 atom stereocenters. The average molecular weight is 410 g/mol. The first kappa shape index (κ1) is 20.3. The molecule has 152 valence electrons. The number of nitro groups is 2. The van der Waals surface area contributed by atoms with Gasteiger partial charge in [0, 0.05) is 6.07 Å². The molecule has 0 radical (unpaired) electrons. The second-order valence-corrected chi connectivity index (χ2v) is 5.87. The monoisotopic (exact) mass is 410 g/mol. The van der Waals surface area contributed by atoms with Crippen molar-refractivity contribution >= 4 is 29.5 Å². The fraction of sp³-hybridized carbons (Fsp3) is 0.0500. The Morgan fingerprint density at radius 2 is 1.80 bits per heavy atom. The fourth-order valence-corrected chi connectivity index (χ4v) is 2.55. The number of carbonyl (C=O) groups excluding carboxylic acids is 1. The molecule has 0 N–H and O–H groups in total. The summed E-state index contributed by atoms with van der Waals surface area (Å²) in [6, 6.07) is 11.1. The molecule has 1 aromatic heterocycles. The molecule has 0 fully saturated rings. The quantitative estimate of drug-likeness (QED) is 0.183. The number of esters is 1. The highest BCUT2D eigenvalue weighted by Gasteiger charge is 2.18. The minimum atomic E-state index is -0.700. The number of carbonyl (C=O) groups is 1. The van der Waals surface area contributed by atoms with E-state index in [0.29, 0.717) is 5.56 Å². The van der Waals surface area contributed by atoms with Gasteiger partial charge in [-0.1, -0.05) is 12.1 Å². The van der Waals surface area contributed by atoms with Gasteiger partial charge in [0.2, 0.25) is 5.76 Å². The second kappa shape index (κ2) is 8.69. The van der Waals surface area contributed by atoms with Gasteiger partial charge in [-0.05, 0) is 42.0 Å². The van der Waals surface area contributed by atoms with Crippen LogP contribution in [0.5, 0.6) is 11.5 Å². The van der Waals surface area contributed by atoms with Crippen LogP contribution in [0.15, 0.2) is 59.2 Å². The summed E-state index contributed by atoms with van der Waals surface area (Å²) in [7, 11) is 1.40. The van der Waals surface area contributed by atoms with Gasteiger partial charge in [-0.15, -0.1) is 0 Å². The lowest BCUT2D eigenvalue weighted by molar-refractivity contribution is -0.394. The number of non-ortho nitro benzene ring substituents is 1. The topological polar surface area (TPSA) is 135 Å². The lowest BCUT2D eigenvalue weighted by Gasteiger charge is -2.09. The van der Waals surface area contributed by atoms with Crippen LogP contribution in [-0.4, -0.2) is 22.9 Å². The highest BCUT2D eigenvalue weighted by Crippen LogP contribution is 2.31. The van der Waals surface area contributed by atoms with Crippen molar-refractivity contribution in [3.63, 3.8) is 0 Å². The van der Waals surface area contributed by atoms with Crippen molar-refractivity contribution in [2.45, 2.75) is 0 Å². The summed E-state index contributed by atoms with van der Waals surface area (Å²) < 4.78 is 15.5. The van der Waals surface area contributed by atoms with Crippen LogP contribution >= 0.6 is 0 Å². The molecule has 0 aliphatic rings. The minimum Gasteiger partial charge on any atom is -0.493 e. The number of hydrogen-bond donors (Lipinski definition) is 0. The Bertz CT molecular complexity index is 1140. The zero-order valence-electron chi connectivity index (χ0n) is 15.5. The number of furan rings is 1. The highest BCUT2D eigenvalue weighted by atomic mass is 16.6. The van der Waals surface area contributed by atoms with E-state index in [2.05, 4.69) is 0 Å². The molecule has 10 heteroatoms. The van der Waals surface area contributed by atoms with Crippen molar-refractivity contribution in [1.29, 1.82) is 0 Å². The Kier molecular flexibility index (Phi) is 5.87. The van der Waals surface area contributed by atoms with E-state index in [4.69, 9.17) is 13.9 Å². The third kappa shape index (κ3) is 4.50. The third-order valence-corrected chi connectivity index (χ3v) is 3.99. The highest BCUT2D eigenvalue weighted by molar-refractivity contribution is 5.88. The summed E-state index contributed by atoms with van der Waals surface area (Å²) in [6.45, 7) is 0. The maximum atomic E-state index is 12.0. The van der Waals surface area contributed by atoms with Crippen LogP contribution in [-0.2, 0) is 0 Å². The normalized spacial score (nSPS) is 10.7. The van der Waals surface area contributed by atoms with Crippen molar-refractivity contribution in [1.82, 2.24) is 0 Å². The molecule has 3 aromatic rings. The molecule has 2 aromatic carbocycles. The number of nitro benzene ring substituents is 2. The zero-order valence-corrected chi connectivity index (χ0v) is 15.5. The number of nitrogens with zero attached hydrogens (tertiary/aromatic N) is 2. The Morgan fingerprint density at radius 3 is 2.43 bits per heavy atom. The molecule has 0 aliphatic carbocycles. The van der Waals surface area contributed by atoms with Crippen molar-refractivity contribution in [3.05, 3.63) is 91.9 Å². The summed E-state index contributed by atoms with van der Waals surface area (Å²) in [4.78, 5) is 32.7. The standard InChI is InChI=1S/C20H14N2O8/c1-28-19-11-13(5-9-17(19)30-20(23)18-3-2-10-29-18)4-6-14-7-8-15(21(24)25)12-16(14)22(26)27/h2-12H,1H3. The van der Waals surface area contributed by atoms with E-state index in [1.807, 2.05) is 0 Å². The lowest BCUT2D eigenvalue weighted by Crippen LogP contribution is -2.08. The largest absolute Gasteiger partial charge is 0.493 e. The number of rotatable bonds is 7. The molecule has 0 saturated carbocycles. The molecule has 10 nitrogen and oxygen atoms in total. The van der Waals surface area contributed by atoms with Crippen LogP contribution in [0, 0.1) is 20.2 Å². The number of methoxy groups -OCH3 is 1. The molecular weight excluding hydrogens is 396 g/mol. The van der Waals surface area contributed by atoms with Gasteiger partial charge in [0.15, 0.2) is 11.5 Å². The van der Waals surface area contributed by atoms with E-state index in [0.717, 1.165) is 6.07 Å². The molecule has 0 unspecified atom stereocenters. The summed E-state index contributed by atoms with van der Waals surface area (Å²) in [5.41, 5.74) is 0.0230. The Morgan fingerprint density at radius 1 is 1.00 bits per heavy atom. The second-order valence-electron chi connectivity index (χ2n) is 5.87. The van der Waals surface area contributed by atoms with E-state index < -0.39 is 21.5 Å². The fourth-order valence-electron chi connectivity index (χ4n) is 2.55. The summed E-state index contributed by atoms with van der Waals surface area (Å²) in [5, 5.41) is 22.1. The first-order chi connectivity index (χ1) is 14.4. The van der Waals surface area contributed by atoms with Crippen LogP contribution in [0.1, 0.15) is 21.7 Å². The predicted molar refractivity (Wildman–Crippen MR) is 105 cm³/mol. The molecule has 0 aliphatic heterocycles. The van der Waals surface area contributed by atoms with Gasteiger partial charge in [-0.25, -0.2) is 4.79 Å². The molecule has 0 saturated heterocycles. The van der Waals surface area contributed by atoms with E-state index >= 15 is 0 Å². The van der Waals surface area contributed by atoms with E-state index in [1.165, 1.54) is 43.7 Å². The van der Waals surface area contributed by atoms with Gasteiger partial charge in [-0.2, -0.15) is 0 Å². The molecular formula is C20H14N2O8. The molecule has 0 bridgehead atoms. The van der Waals surface area contributed by atoms with Crippen LogP contribution in [0.2, 0.25) is 0 Å². The van der Waals surface area contributed by atoms with Crippen LogP contribution in [0.3, 0.4) is 0 Å². The number of ether oxygens (including phenoxy) is 2. The van der Waals surface area contributed by atoms with Gasteiger partial charge in [0.25, 0.3) is 11.4 Å². The average Bonchev–Trinajstić information content (AvgIpc) is 3.27. The molecule has 0 spiro atoms. The van der Waals surface area contributed by atoms with Crippen molar-refractivity contribution in [3.8, 4) is 11.5 Å². The third-order valence-electron chi connectivity index (χ3n) is 3.99. The van der Waals surface area contributed by atoms with Gasteiger partial charge < -0.3 is 13.9 Å². The first-order valence-corrected chi connectivity index (χ1v) is 8.43. The maximum absolute atomic E-state index is 12.0. The molecule has 3 rings (SSSR count). The maximum Gasteiger partial charge on any atom is 0.379 e. The van der Waals surface area contributed by atoms with E-state index in [1.54, 1.807) is 24.3 Å². The van der Waals surface area contributed by atoms with Crippen LogP contribution in [0.4, 0.5) is 11.4 Å². The molecule has 30 heavy (non-hydrogen) atoms. The first-order valence-electron chi connectivity index (χ1n) is 8.43. The summed E-state index contributed by atoms with van der Waals surface area (Å²) in [5.74, 6) is -0.234. The van der Waals surface area contributed by atoms with Crippen molar-refractivity contribution in [2.24, 2.45) is 0 Å². The van der Waals surface area contributed by atoms with Gasteiger partial charge in [0.05, 0.1) is 34.8 Å². The predicted octanol–water partition coefficient (Wildman–Crippen LogP) is 4.49. The number of hydrogen-bond acceptors (Lipinski definition) is 8. The van der Waals surface area contributed by atoms with Crippen LogP contribution in [0.25, 0.3) is 12.2 Å². The lowest BCUT2D eigenvalue weighted by atomic mass is 10.1. The van der Waals surface area contributed by atoms with Crippen molar-refractivity contribution < 1.29 is 28.5 Å². The molecule has 1 heterocycles.